The van der Waals surface area contributed by atoms with E-state index in [-0.39, 0.29) is 11.3 Å². The quantitative estimate of drug-likeness (QED) is 0.757. The molecule has 14 heavy (non-hydrogen) atoms. The number of halogens is 1. The molecule has 3 nitrogen and oxygen atoms in total. The standard InChI is InChI=1S/C10H8BrNO2/c1-5-9(11)8-6(10(14)12-5)3-2-4-7(8)13/h2-4,13H,1H3,(H,12,14). The summed E-state index contributed by atoms with van der Waals surface area (Å²) in [5.41, 5.74) is 0.528. The molecule has 0 aliphatic heterocycles. The lowest BCUT2D eigenvalue weighted by Crippen LogP contribution is -2.08. The van der Waals surface area contributed by atoms with Crippen molar-refractivity contribution in [2.24, 2.45) is 0 Å². The fraction of sp³-hybridized carbons (Fsp3) is 0.100. The lowest BCUT2D eigenvalue weighted by Gasteiger charge is -2.05. The third kappa shape index (κ3) is 1.23. The summed E-state index contributed by atoms with van der Waals surface area (Å²) >= 11 is 3.34. The van der Waals surface area contributed by atoms with Gasteiger partial charge in [0.05, 0.1) is 5.39 Å². The number of hydrogen-bond acceptors (Lipinski definition) is 2. The van der Waals surface area contributed by atoms with Gasteiger partial charge in [0.2, 0.25) is 0 Å². The van der Waals surface area contributed by atoms with Crippen LogP contribution in [0.15, 0.2) is 27.5 Å². The summed E-state index contributed by atoms with van der Waals surface area (Å²) in [5, 5.41) is 10.7. The molecule has 0 atom stereocenters. The molecule has 1 aromatic carbocycles. The van der Waals surface area contributed by atoms with E-state index >= 15 is 0 Å². The van der Waals surface area contributed by atoms with E-state index in [0.717, 1.165) is 4.47 Å². The Hall–Kier alpha value is -1.29. The van der Waals surface area contributed by atoms with Crippen molar-refractivity contribution >= 4 is 26.7 Å². The molecule has 0 saturated heterocycles. The van der Waals surface area contributed by atoms with Crippen molar-refractivity contribution in [3.63, 3.8) is 0 Å². The minimum Gasteiger partial charge on any atom is -0.507 e. The zero-order valence-corrected chi connectivity index (χ0v) is 9.05. The number of hydrogen-bond donors (Lipinski definition) is 2. The normalized spacial score (nSPS) is 10.7. The molecule has 1 heterocycles. The number of rotatable bonds is 0. The van der Waals surface area contributed by atoms with Crippen molar-refractivity contribution in [2.45, 2.75) is 6.92 Å². The molecule has 2 rings (SSSR count). The van der Waals surface area contributed by atoms with Gasteiger partial charge in [0.1, 0.15) is 5.75 Å². The van der Waals surface area contributed by atoms with E-state index in [1.807, 2.05) is 0 Å². The minimum absolute atomic E-state index is 0.114. The number of aromatic hydroxyl groups is 1. The van der Waals surface area contributed by atoms with Crippen LogP contribution in [0.2, 0.25) is 0 Å². The van der Waals surface area contributed by atoms with E-state index in [2.05, 4.69) is 20.9 Å². The van der Waals surface area contributed by atoms with Crippen LogP contribution in [0.3, 0.4) is 0 Å². The van der Waals surface area contributed by atoms with Crippen LogP contribution in [0.5, 0.6) is 5.75 Å². The first-order valence-electron chi connectivity index (χ1n) is 4.11. The highest BCUT2D eigenvalue weighted by atomic mass is 79.9. The van der Waals surface area contributed by atoms with Crippen molar-refractivity contribution in [1.82, 2.24) is 4.98 Å². The summed E-state index contributed by atoms with van der Waals surface area (Å²) in [5.74, 6) is 0.114. The largest absolute Gasteiger partial charge is 0.507 e. The molecule has 0 radical (unpaired) electrons. The molecule has 0 amide bonds. The topological polar surface area (TPSA) is 53.1 Å². The highest BCUT2D eigenvalue weighted by molar-refractivity contribution is 9.10. The number of H-pyrrole nitrogens is 1. The van der Waals surface area contributed by atoms with Gasteiger partial charge in [-0.15, -0.1) is 0 Å². The number of nitrogens with one attached hydrogen (secondary N) is 1. The Morgan fingerprint density at radius 1 is 1.43 bits per heavy atom. The van der Waals surface area contributed by atoms with Gasteiger partial charge in [-0.1, -0.05) is 6.07 Å². The number of fused-ring (bicyclic) bond motifs is 1. The molecule has 0 unspecified atom stereocenters. The summed E-state index contributed by atoms with van der Waals surface area (Å²) in [7, 11) is 0. The first-order chi connectivity index (χ1) is 6.61. The lowest BCUT2D eigenvalue weighted by atomic mass is 10.1. The van der Waals surface area contributed by atoms with Crippen molar-refractivity contribution in [2.75, 3.05) is 0 Å². The maximum absolute atomic E-state index is 11.5. The van der Waals surface area contributed by atoms with Crippen LogP contribution >= 0.6 is 15.9 Å². The molecular weight excluding hydrogens is 246 g/mol. The number of pyridine rings is 1. The SMILES string of the molecule is Cc1[nH]c(=O)c2cccc(O)c2c1Br. The van der Waals surface area contributed by atoms with E-state index in [9.17, 15) is 9.90 Å². The van der Waals surface area contributed by atoms with Gasteiger partial charge < -0.3 is 10.1 Å². The average Bonchev–Trinajstić information content (AvgIpc) is 2.14. The minimum atomic E-state index is -0.184. The van der Waals surface area contributed by atoms with Crippen LogP contribution in [-0.4, -0.2) is 10.1 Å². The molecule has 4 heteroatoms. The van der Waals surface area contributed by atoms with Crippen LogP contribution in [0.4, 0.5) is 0 Å². The second-order valence-electron chi connectivity index (χ2n) is 3.09. The first kappa shape index (κ1) is 9.27. The highest BCUT2D eigenvalue weighted by Gasteiger charge is 2.09. The van der Waals surface area contributed by atoms with Crippen LogP contribution in [0.1, 0.15) is 5.69 Å². The molecule has 72 valence electrons. The Kier molecular flexibility index (Phi) is 2.07. The van der Waals surface area contributed by atoms with E-state index in [0.29, 0.717) is 16.5 Å². The second kappa shape index (κ2) is 3.13. The van der Waals surface area contributed by atoms with Gasteiger partial charge >= 0.3 is 0 Å². The molecular formula is C10H8BrNO2. The molecule has 0 aliphatic carbocycles. The second-order valence-corrected chi connectivity index (χ2v) is 3.89. The smallest absolute Gasteiger partial charge is 0.256 e. The Bertz CT molecular complexity index is 560. The van der Waals surface area contributed by atoms with Gasteiger partial charge in [-0.2, -0.15) is 0 Å². The van der Waals surface area contributed by atoms with Crippen molar-refractivity contribution in [3.05, 3.63) is 38.7 Å². The zero-order chi connectivity index (χ0) is 10.3. The van der Waals surface area contributed by atoms with E-state index in [1.54, 1.807) is 25.1 Å². The van der Waals surface area contributed by atoms with Crippen LogP contribution in [-0.2, 0) is 0 Å². The molecule has 0 aliphatic rings. The number of phenolic OH excluding ortho intramolecular Hbond substituents is 1. The van der Waals surface area contributed by atoms with E-state index < -0.39 is 0 Å². The fourth-order valence-electron chi connectivity index (χ4n) is 1.44. The van der Waals surface area contributed by atoms with Gasteiger partial charge in [-0.3, -0.25) is 4.79 Å². The summed E-state index contributed by atoms with van der Waals surface area (Å²) in [6.07, 6.45) is 0. The maximum Gasteiger partial charge on any atom is 0.256 e. The monoisotopic (exact) mass is 253 g/mol. The van der Waals surface area contributed by atoms with Gasteiger partial charge in [0.25, 0.3) is 5.56 Å². The first-order valence-corrected chi connectivity index (χ1v) is 4.90. The number of benzene rings is 1. The van der Waals surface area contributed by atoms with Gasteiger partial charge in [0.15, 0.2) is 0 Å². The third-order valence-electron chi connectivity index (χ3n) is 2.14. The van der Waals surface area contributed by atoms with Gasteiger partial charge in [0, 0.05) is 15.6 Å². The van der Waals surface area contributed by atoms with Crippen molar-refractivity contribution in [1.29, 1.82) is 0 Å². The van der Waals surface area contributed by atoms with Crippen molar-refractivity contribution in [3.8, 4) is 5.75 Å². The van der Waals surface area contributed by atoms with E-state index in [4.69, 9.17) is 0 Å². The lowest BCUT2D eigenvalue weighted by molar-refractivity contribution is 0.481. The molecule has 2 aromatic rings. The average molecular weight is 254 g/mol. The molecule has 2 N–H and O–H groups in total. The molecule has 0 saturated carbocycles. The Morgan fingerprint density at radius 3 is 2.86 bits per heavy atom. The summed E-state index contributed by atoms with van der Waals surface area (Å²) in [6.45, 7) is 1.78. The molecule has 0 spiro atoms. The summed E-state index contributed by atoms with van der Waals surface area (Å²) in [6, 6.07) is 4.89. The Morgan fingerprint density at radius 2 is 2.14 bits per heavy atom. The highest BCUT2D eigenvalue weighted by Crippen LogP contribution is 2.30. The number of aromatic nitrogens is 1. The van der Waals surface area contributed by atoms with Crippen molar-refractivity contribution < 1.29 is 5.11 Å². The van der Waals surface area contributed by atoms with E-state index in [1.165, 1.54) is 0 Å². The predicted octanol–water partition coefficient (Wildman–Crippen LogP) is 2.30. The number of aromatic amines is 1. The summed E-state index contributed by atoms with van der Waals surface area (Å²) < 4.78 is 0.727. The summed E-state index contributed by atoms with van der Waals surface area (Å²) in [4.78, 5) is 14.2. The van der Waals surface area contributed by atoms with Crippen LogP contribution in [0.25, 0.3) is 10.8 Å². The van der Waals surface area contributed by atoms with Gasteiger partial charge in [-0.25, -0.2) is 0 Å². The zero-order valence-electron chi connectivity index (χ0n) is 7.47. The third-order valence-corrected chi connectivity index (χ3v) is 3.13. The predicted molar refractivity (Wildman–Crippen MR) is 58.7 cm³/mol. The van der Waals surface area contributed by atoms with Crippen LogP contribution in [0, 0.1) is 6.92 Å². The Labute approximate surface area is 88.5 Å². The maximum atomic E-state index is 11.5. The fourth-order valence-corrected chi connectivity index (χ4v) is 1.96. The van der Waals surface area contributed by atoms with Gasteiger partial charge in [-0.05, 0) is 35.0 Å². The number of phenols is 1. The molecule has 0 fully saturated rings. The van der Waals surface area contributed by atoms with Crippen LogP contribution < -0.4 is 5.56 Å². The molecule has 0 bridgehead atoms. The molecule has 1 aromatic heterocycles. The Balaban J connectivity index is 3.11. The number of aryl methyl sites for hydroxylation is 1.